The van der Waals surface area contributed by atoms with Crippen LogP contribution in [0.15, 0.2) is 73.1 Å². The zero-order valence-electron chi connectivity index (χ0n) is 15.8. The molecule has 0 amide bonds. The van der Waals surface area contributed by atoms with Crippen molar-refractivity contribution in [1.29, 1.82) is 0 Å². The van der Waals surface area contributed by atoms with Gasteiger partial charge in [0.15, 0.2) is 6.54 Å². The van der Waals surface area contributed by atoms with E-state index in [1.807, 2.05) is 36.4 Å². The summed E-state index contributed by atoms with van der Waals surface area (Å²) in [5.74, 6) is -0.551. The number of ketones is 3. The fourth-order valence-corrected chi connectivity index (χ4v) is 4.00. The molecule has 0 aliphatic heterocycles. The third-order valence-electron chi connectivity index (χ3n) is 5.41. The van der Waals surface area contributed by atoms with E-state index in [4.69, 9.17) is 0 Å². The number of benzene rings is 3. The van der Waals surface area contributed by atoms with Gasteiger partial charge in [0.1, 0.15) is 0 Å². The lowest BCUT2D eigenvalue weighted by Crippen LogP contribution is -2.36. The maximum Gasteiger partial charge on any atom is 0.245 e. The largest absolute Gasteiger partial charge is 0.290 e. The van der Waals surface area contributed by atoms with E-state index in [-0.39, 0.29) is 29.6 Å². The minimum absolute atomic E-state index is 0.0112. The molecule has 1 aliphatic carbocycles. The van der Waals surface area contributed by atoms with Crippen LogP contribution < -0.4 is 4.57 Å². The molecule has 3 aromatic carbocycles. The van der Waals surface area contributed by atoms with E-state index in [0.717, 1.165) is 10.8 Å². The van der Waals surface area contributed by atoms with E-state index < -0.39 is 0 Å². The van der Waals surface area contributed by atoms with Gasteiger partial charge in [0.25, 0.3) is 0 Å². The Morgan fingerprint density at radius 3 is 2.28 bits per heavy atom. The van der Waals surface area contributed by atoms with Gasteiger partial charge in [0.05, 0.1) is 7.05 Å². The van der Waals surface area contributed by atoms with E-state index in [0.29, 0.717) is 22.4 Å². The number of nitrogens with zero attached hydrogens (tertiary/aromatic N) is 2. The van der Waals surface area contributed by atoms with E-state index in [1.165, 1.54) is 0 Å². The summed E-state index contributed by atoms with van der Waals surface area (Å²) in [4.78, 5) is 39.0. The van der Waals surface area contributed by atoms with Crippen molar-refractivity contribution in [2.75, 3.05) is 0 Å². The van der Waals surface area contributed by atoms with E-state index in [9.17, 15) is 14.4 Å². The highest BCUT2D eigenvalue weighted by molar-refractivity contribution is 6.26. The average molecular weight is 381 g/mol. The first-order valence-corrected chi connectivity index (χ1v) is 9.34. The van der Waals surface area contributed by atoms with Gasteiger partial charge in [0, 0.05) is 16.7 Å². The van der Waals surface area contributed by atoms with Gasteiger partial charge in [-0.25, -0.2) is 9.13 Å². The van der Waals surface area contributed by atoms with Crippen LogP contribution in [0, 0.1) is 0 Å². The summed E-state index contributed by atoms with van der Waals surface area (Å²) >= 11 is 0. The van der Waals surface area contributed by atoms with Crippen molar-refractivity contribution in [2.45, 2.75) is 6.54 Å². The maximum absolute atomic E-state index is 13.1. The molecule has 5 heteroatoms. The first kappa shape index (κ1) is 17.3. The third kappa shape index (κ3) is 2.63. The molecule has 0 radical (unpaired) electrons. The highest BCUT2D eigenvalue weighted by Crippen LogP contribution is 2.26. The summed E-state index contributed by atoms with van der Waals surface area (Å²) < 4.78 is 3.21. The van der Waals surface area contributed by atoms with Gasteiger partial charge in [-0.05, 0) is 16.8 Å². The molecule has 1 aromatic heterocycles. The predicted octanol–water partition coefficient (Wildman–Crippen LogP) is 3.12. The fourth-order valence-electron chi connectivity index (χ4n) is 4.00. The normalized spacial score (nSPS) is 12.7. The lowest BCUT2D eigenvalue weighted by atomic mass is 9.90. The van der Waals surface area contributed by atoms with Crippen LogP contribution in [0.3, 0.4) is 0 Å². The number of rotatable bonds is 3. The summed E-state index contributed by atoms with van der Waals surface area (Å²) in [5.41, 5.74) is 1.94. The third-order valence-corrected chi connectivity index (χ3v) is 5.41. The summed E-state index contributed by atoms with van der Waals surface area (Å²) in [7, 11) is 1.72. The highest BCUT2D eigenvalue weighted by atomic mass is 16.1. The van der Waals surface area contributed by atoms with Crippen molar-refractivity contribution < 1.29 is 19.0 Å². The molecule has 140 valence electrons. The number of hydrogen-bond acceptors (Lipinski definition) is 3. The zero-order valence-corrected chi connectivity index (χ0v) is 15.8. The number of hydrogen-bond donors (Lipinski definition) is 0. The number of carbonyl (C=O) groups excluding carboxylic acids is 3. The summed E-state index contributed by atoms with van der Waals surface area (Å²) in [6, 6.07) is 20.2. The Bertz CT molecular complexity index is 1350. The minimum Gasteiger partial charge on any atom is -0.290 e. The lowest BCUT2D eigenvalue weighted by molar-refractivity contribution is -0.672. The Balaban J connectivity index is 1.55. The smallest absolute Gasteiger partial charge is 0.245 e. The number of fused-ring (bicyclic) bond motifs is 3. The molecule has 29 heavy (non-hydrogen) atoms. The molecular weight excluding hydrogens is 364 g/mol. The molecule has 0 saturated carbocycles. The monoisotopic (exact) mass is 381 g/mol. The van der Waals surface area contributed by atoms with Crippen LogP contribution in [0.2, 0.25) is 0 Å². The second kappa shape index (κ2) is 6.34. The van der Waals surface area contributed by atoms with Crippen LogP contribution in [-0.2, 0) is 13.6 Å². The summed E-state index contributed by atoms with van der Waals surface area (Å²) in [5, 5.41) is 2.05. The fraction of sp³-hybridized carbons (Fsp3) is 0.0833. The number of aryl methyl sites for hydroxylation is 1. The topological polar surface area (TPSA) is 60.0 Å². The van der Waals surface area contributed by atoms with Crippen LogP contribution in [0.4, 0.5) is 0 Å². The van der Waals surface area contributed by atoms with Gasteiger partial charge in [-0.2, -0.15) is 0 Å². The van der Waals surface area contributed by atoms with Crippen LogP contribution in [0.25, 0.3) is 10.8 Å². The molecule has 0 unspecified atom stereocenters. The SMILES string of the molecule is C[n+]1cn(CC(=O)c2ccc3ccccc3c2)c2c1C(=O)c1ccccc1C2=O. The molecule has 0 bridgehead atoms. The van der Waals surface area contributed by atoms with Crippen molar-refractivity contribution >= 4 is 28.1 Å². The minimum atomic E-state index is -0.234. The van der Waals surface area contributed by atoms with Gasteiger partial charge in [-0.15, -0.1) is 0 Å². The van der Waals surface area contributed by atoms with Crippen molar-refractivity contribution in [2.24, 2.45) is 7.05 Å². The van der Waals surface area contributed by atoms with E-state index in [1.54, 1.807) is 52.8 Å². The first-order chi connectivity index (χ1) is 14.0. The molecule has 1 heterocycles. The standard InChI is InChI=1S/C24H17N2O3/c1-25-14-26(13-20(27)17-11-10-15-6-2-3-7-16(15)12-17)22-21(25)23(28)18-8-4-5-9-19(18)24(22)29/h2-12,14H,13H2,1H3/q+1. The Kier molecular flexibility index (Phi) is 3.77. The molecule has 0 saturated heterocycles. The summed E-state index contributed by atoms with van der Waals surface area (Å²) in [6.45, 7) is -0.0112. The Labute approximate surface area is 166 Å². The lowest BCUT2D eigenvalue weighted by Gasteiger charge is -2.12. The van der Waals surface area contributed by atoms with Crippen molar-refractivity contribution in [1.82, 2.24) is 4.57 Å². The van der Waals surface area contributed by atoms with Crippen LogP contribution in [0.5, 0.6) is 0 Å². The number of aromatic nitrogens is 2. The average Bonchev–Trinajstić information content (AvgIpc) is 3.07. The van der Waals surface area contributed by atoms with Crippen LogP contribution in [-0.4, -0.2) is 21.9 Å². The van der Waals surface area contributed by atoms with Crippen molar-refractivity contribution in [3.8, 4) is 0 Å². The second-order valence-electron chi connectivity index (χ2n) is 7.24. The van der Waals surface area contributed by atoms with Gasteiger partial charge in [-0.1, -0.05) is 60.7 Å². The Morgan fingerprint density at radius 1 is 0.862 bits per heavy atom. The molecule has 5 nitrogen and oxygen atoms in total. The van der Waals surface area contributed by atoms with Crippen molar-refractivity contribution in [3.63, 3.8) is 0 Å². The first-order valence-electron chi connectivity index (χ1n) is 9.34. The molecule has 4 aromatic rings. The molecule has 0 atom stereocenters. The molecule has 0 fully saturated rings. The number of imidazole rings is 1. The molecule has 1 aliphatic rings. The highest BCUT2D eigenvalue weighted by Gasteiger charge is 2.40. The zero-order chi connectivity index (χ0) is 20.1. The quantitative estimate of drug-likeness (QED) is 0.356. The van der Waals surface area contributed by atoms with Gasteiger partial charge in [-0.3, -0.25) is 14.4 Å². The van der Waals surface area contributed by atoms with Crippen LogP contribution in [0.1, 0.15) is 42.5 Å². The van der Waals surface area contributed by atoms with Crippen LogP contribution >= 0.6 is 0 Å². The number of Topliss-reactive ketones (excluding diaryl/α,β-unsaturated/α-hetero) is 1. The second-order valence-corrected chi connectivity index (χ2v) is 7.24. The number of carbonyl (C=O) groups is 3. The van der Waals surface area contributed by atoms with Gasteiger partial charge < -0.3 is 0 Å². The predicted molar refractivity (Wildman–Crippen MR) is 107 cm³/mol. The van der Waals surface area contributed by atoms with E-state index in [2.05, 4.69) is 0 Å². The Hall–Kier alpha value is -3.86. The van der Waals surface area contributed by atoms with Gasteiger partial charge >= 0.3 is 0 Å². The van der Waals surface area contributed by atoms with E-state index >= 15 is 0 Å². The van der Waals surface area contributed by atoms with Gasteiger partial charge in [0.2, 0.25) is 35.1 Å². The maximum atomic E-state index is 13.1. The Morgan fingerprint density at radius 2 is 1.52 bits per heavy atom. The molecular formula is C24H17N2O3+. The molecule has 5 rings (SSSR count). The summed E-state index contributed by atoms with van der Waals surface area (Å²) in [6.07, 6.45) is 1.64. The van der Waals surface area contributed by atoms with Crippen molar-refractivity contribution in [3.05, 3.63) is 101 Å². The molecule has 0 N–H and O–H groups in total. The molecule has 0 spiro atoms.